The maximum Gasteiger partial charge on any atom is 0.119 e. The molecule has 1 aromatic heterocycles. The van der Waals surface area contributed by atoms with Crippen molar-refractivity contribution in [3.63, 3.8) is 0 Å². The smallest absolute Gasteiger partial charge is 0.119 e. The van der Waals surface area contributed by atoms with Gasteiger partial charge in [-0.1, -0.05) is 0 Å². The lowest BCUT2D eigenvalue weighted by Crippen LogP contribution is -2.48. The minimum absolute atomic E-state index is 0.572. The van der Waals surface area contributed by atoms with Gasteiger partial charge in [0.05, 0.1) is 5.69 Å². The molecule has 0 aliphatic carbocycles. The van der Waals surface area contributed by atoms with E-state index >= 15 is 0 Å². The van der Waals surface area contributed by atoms with Gasteiger partial charge in [-0.2, -0.15) is 0 Å². The van der Waals surface area contributed by atoms with Crippen LogP contribution >= 0.6 is 11.8 Å². The molecule has 2 rings (SSSR count). The Morgan fingerprint density at radius 3 is 3.06 bits per heavy atom. The first-order valence-corrected chi connectivity index (χ1v) is 6.81. The van der Waals surface area contributed by atoms with Gasteiger partial charge in [0.15, 0.2) is 0 Å². The zero-order valence-corrected chi connectivity index (χ0v) is 10.6. The molecule has 0 aromatic carbocycles. The molecular weight excluding hydrogens is 220 g/mol. The summed E-state index contributed by atoms with van der Waals surface area (Å²) < 4.78 is 0. The van der Waals surface area contributed by atoms with Gasteiger partial charge in [-0.3, -0.25) is 9.88 Å². The van der Waals surface area contributed by atoms with E-state index in [-0.39, 0.29) is 0 Å². The van der Waals surface area contributed by atoms with Crippen molar-refractivity contribution in [2.75, 3.05) is 25.9 Å². The predicted octanol–water partition coefficient (Wildman–Crippen LogP) is 0.992. The second-order valence-electron chi connectivity index (χ2n) is 4.10. The Balaban J connectivity index is 2.02. The van der Waals surface area contributed by atoms with Crippen molar-refractivity contribution in [3.05, 3.63) is 18.1 Å². The normalized spacial score (nSPS) is 22.2. The van der Waals surface area contributed by atoms with Crippen LogP contribution in [0.2, 0.25) is 0 Å². The van der Waals surface area contributed by atoms with Gasteiger partial charge in [-0.15, -0.1) is 11.8 Å². The minimum Gasteiger partial charge on any atom is -0.312 e. The molecule has 0 spiro atoms. The summed E-state index contributed by atoms with van der Waals surface area (Å²) in [7, 11) is 0. The van der Waals surface area contributed by atoms with Crippen molar-refractivity contribution >= 4 is 11.8 Å². The molecule has 5 heteroatoms. The van der Waals surface area contributed by atoms with E-state index in [1.54, 1.807) is 24.2 Å². The van der Waals surface area contributed by atoms with Gasteiger partial charge in [-0.25, -0.2) is 4.98 Å². The molecule has 16 heavy (non-hydrogen) atoms. The molecule has 1 N–H and O–H groups in total. The van der Waals surface area contributed by atoms with E-state index in [0.717, 1.165) is 36.9 Å². The van der Waals surface area contributed by atoms with Gasteiger partial charge in [-0.05, 0) is 13.2 Å². The van der Waals surface area contributed by atoms with Crippen LogP contribution in [0.4, 0.5) is 0 Å². The summed E-state index contributed by atoms with van der Waals surface area (Å²) in [5.74, 6) is 0. The molecule has 88 valence electrons. The number of piperazine rings is 1. The van der Waals surface area contributed by atoms with Crippen molar-refractivity contribution in [1.29, 1.82) is 0 Å². The quantitative estimate of drug-likeness (QED) is 0.795. The Bertz CT molecular complexity index is 345. The molecule has 1 atom stereocenters. The number of thioether (sulfide) groups is 1. The highest BCUT2D eigenvalue weighted by molar-refractivity contribution is 7.98. The van der Waals surface area contributed by atoms with Crippen molar-refractivity contribution in [2.45, 2.75) is 24.5 Å². The summed E-state index contributed by atoms with van der Waals surface area (Å²) in [6.45, 7) is 6.38. The zero-order valence-electron chi connectivity index (χ0n) is 9.81. The number of nitrogens with one attached hydrogen (secondary N) is 1. The highest BCUT2D eigenvalue weighted by Gasteiger charge is 2.17. The van der Waals surface area contributed by atoms with Crippen LogP contribution in [0.5, 0.6) is 0 Å². The van der Waals surface area contributed by atoms with Crippen LogP contribution in [-0.4, -0.2) is 46.8 Å². The monoisotopic (exact) mass is 238 g/mol. The molecule has 1 saturated heterocycles. The van der Waals surface area contributed by atoms with Crippen LogP contribution in [0, 0.1) is 0 Å². The van der Waals surface area contributed by atoms with E-state index in [2.05, 4.69) is 27.1 Å². The second-order valence-corrected chi connectivity index (χ2v) is 4.90. The first-order valence-electron chi connectivity index (χ1n) is 5.59. The molecule has 0 saturated carbocycles. The summed E-state index contributed by atoms with van der Waals surface area (Å²) in [6.07, 6.45) is 5.59. The first-order chi connectivity index (χ1) is 7.79. The van der Waals surface area contributed by atoms with E-state index in [0.29, 0.717) is 6.04 Å². The lowest BCUT2D eigenvalue weighted by Gasteiger charge is -2.31. The summed E-state index contributed by atoms with van der Waals surface area (Å²) in [4.78, 5) is 11.2. The maximum absolute atomic E-state index is 4.42. The second kappa shape index (κ2) is 5.61. The van der Waals surface area contributed by atoms with Crippen molar-refractivity contribution in [1.82, 2.24) is 20.2 Å². The van der Waals surface area contributed by atoms with Gasteiger partial charge in [0, 0.05) is 44.6 Å². The van der Waals surface area contributed by atoms with Crippen LogP contribution in [-0.2, 0) is 6.54 Å². The Kier molecular flexibility index (Phi) is 4.15. The Hall–Kier alpha value is -0.650. The highest BCUT2D eigenvalue weighted by Crippen LogP contribution is 2.16. The maximum atomic E-state index is 4.42. The van der Waals surface area contributed by atoms with Gasteiger partial charge < -0.3 is 5.32 Å². The van der Waals surface area contributed by atoms with Gasteiger partial charge in [0.1, 0.15) is 5.03 Å². The molecule has 4 nitrogen and oxygen atoms in total. The molecule has 0 bridgehead atoms. The minimum atomic E-state index is 0.572. The van der Waals surface area contributed by atoms with Crippen LogP contribution in [0.1, 0.15) is 12.6 Å². The average molecular weight is 238 g/mol. The van der Waals surface area contributed by atoms with Crippen LogP contribution in [0.25, 0.3) is 0 Å². The first kappa shape index (κ1) is 11.8. The molecule has 2 heterocycles. The summed E-state index contributed by atoms with van der Waals surface area (Å²) >= 11 is 1.67. The molecule has 1 aliphatic heterocycles. The van der Waals surface area contributed by atoms with Crippen LogP contribution < -0.4 is 5.32 Å². The third-order valence-corrected chi connectivity index (χ3v) is 3.48. The summed E-state index contributed by atoms with van der Waals surface area (Å²) in [5.41, 5.74) is 1.10. The van der Waals surface area contributed by atoms with Crippen molar-refractivity contribution in [3.8, 4) is 0 Å². The molecule has 1 fully saturated rings. The topological polar surface area (TPSA) is 41.1 Å². The number of nitrogens with zero attached hydrogens (tertiary/aromatic N) is 3. The van der Waals surface area contributed by atoms with E-state index in [9.17, 15) is 0 Å². The van der Waals surface area contributed by atoms with Gasteiger partial charge in [0.25, 0.3) is 0 Å². The summed E-state index contributed by atoms with van der Waals surface area (Å²) in [6, 6.07) is 0.572. The molecule has 1 aliphatic rings. The fourth-order valence-electron chi connectivity index (χ4n) is 2.00. The van der Waals surface area contributed by atoms with E-state index in [1.165, 1.54) is 0 Å². The molecule has 1 aromatic rings. The third-order valence-electron chi connectivity index (χ3n) is 2.76. The fraction of sp³-hybridized carbons (Fsp3) is 0.636. The number of hydrogen-bond donors (Lipinski definition) is 1. The lowest BCUT2D eigenvalue weighted by molar-refractivity contribution is 0.196. The third kappa shape index (κ3) is 2.93. The van der Waals surface area contributed by atoms with Crippen LogP contribution in [0.3, 0.4) is 0 Å². The molecule has 0 unspecified atom stereocenters. The van der Waals surface area contributed by atoms with Gasteiger partial charge in [0.2, 0.25) is 0 Å². The highest BCUT2D eigenvalue weighted by atomic mass is 32.2. The fourth-order valence-corrected chi connectivity index (χ4v) is 2.52. The number of hydrogen-bond acceptors (Lipinski definition) is 5. The van der Waals surface area contributed by atoms with E-state index in [1.807, 2.05) is 6.26 Å². The molecule has 0 amide bonds. The Labute approximate surface area is 101 Å². The number of rotatable bonds is 3. The average Bonchev–Trinajstić information content (AvgIpc) is 2.30. The van der Waals surface area contributed by atoms with E-state index in [4.69, 9.17) is 0 Å². The standard InChI is InChI=1S/C11H18N4S/c1-9-7-15(6-5-12-9)8-10-11(16-2)14-4-3-13-10/h3-4,9,12H,5-8H2,1-2H3/t9-/m0/s1. The lowest BCUT2D eigenvalue weighted by atomic mass is 10.2. The van der Waals surface area contributed by atoms with E-state index < -0.39 is 0 Å². The van der Waals surface area contributed by atoms with Crippen LogP contribution in [0.15, 0.2) is 17.4 Å². The Morgan fingerprint density at radius 1 is 1.50 bits per heavy atom. The largest absolute Gasteiger partial charge is 0.312 e. The van der Waals surface area contributed by atoms with Crippen molar-refractivity contribution < 1.29 is 0 Å². The number of aromatic nitrogens is 2. The SMILES string of the molecule is CSc1nccnc1CN1CCN[C@@H](C)C1. The zero-order chi connectivity index (χ0) is 11.4. The summed E-state index contributed by atoms with van der Waals surface area (Å²) in [5, 5.41) is 4.49. The Morgan fingerprint density at radius 2 is 2.31 bits per heavy atom. The molecule has 0 radical (unpaired) electrons. The predicted molar refractivity (Wildman–Crippen MR) is 66.6 cm³/mol. The van der Waals surface area contributed by atoms with Crippen molar-refractivity contribution in [2.24, 2.45) is 0 Å². The molecular formula is C11H18N4S. The van der Waals surface area contributed by atoms with Gasteiger partial charge >= 0.3 is 0 Å².